The van der Waals surface area contributed by atoms with Crippen LogP contribution in [-0.4, -0.2) is 5.11 Å². The highest BCUT2D eigenvalue weighted by molar-refractivity contribution is 9.10. The predicted octanol–water partition coefficient (Wildman–Crippen LogP) is 4.37. The van der Waals surface area contributed by atoms with Gasteiger partial charge in [-0.25, -0.2) is 26.3 Å². The Bertz CT molecular complexity index is 689. The van der Waals surface area contributed by atoms with Gasteiger partial charge in [0.1, 0.15) is 11.9 Å². The van der Waals surface area contributed by atoms with Gasteiger partial charge in [0.25, 0.3) is 0 Å². The van der Waals surface area contributed by atoms with Gasteiger partial charge in [0.2, 0.25) is 5.82 Å². The van der Waals surface area contributed by atoms with Crippen LogP contribution in [0.25, 0.3) is 0 Å². The topological polar surface area (TPSA) is 20.2 Å². The number of aliphatic hydroxyl groups excluding tert-OH is 1. The molecule has 0 fully saturated rings. The number of rotatable bonds is 2. The molecular formula is C13H5BrF6O. The molecule has 2 rings (SSSR count). The highest BCUT2D eigenvalue weighted by Crippen LogP contribution is 2.33. The van der Waals surface area contributed by atoms with Crippen LogP contribution in [0.1, 0.15) is 17.2 Å². The van der Waals surface area contributed by atoms with Gasteiger partial charge in [-0.05, 0) is 18.2 Å². The normalized spacial score (nSPS) is 12.6. The Kier molecular flexibility index (Phi) is 4.29. The molecular weight excluding hydrogens is 366 g/mol. The molecule has 0 aromatic heterocycles. The summed E-state index contributed by atoms with van der Waals surface area (Å²) >= 11 is 2.94. The smallest absolute Gasteiger partial charge is 0.200 e. The van der Waals surface area contributed by atoms with Crippen LogP contribution in [-0.2, 0) is 0 Å². The van der Waals surface area contributed by atoms with Crippen molar-refractivity contribution in [2.45, 2.75) is 6.10 Å². The second-order valence-corrected chi connectivity index (χ2v) is 4.97. The van der Waals surface area contributed by atoms with E-state index < -0.39 is 52.1 Å². The number of aliphatic hydroxyl groups is 1. The van der Waals surface area contributed by atoms with Crippen LogP contribution in [0.2, 0.25) is 0 Å². The van der Waals surface area contributed by atoms with Gasteiger partial charge in [0, 0.05) is 10.0 Å². The average molecular weight is 371 g/mol. The lowest BCUT2D eigenvalue weighted by molar-refractivity contribution is 0.198. The van der Waals surface area contributed by atoms with Crippen molar-refractivity contribution in [1.29, 1.82) is 0 Å². The lowest BCUT2D eigenvalue weighted by atomic mass is 9.99. The summed E-state index contributed by atoms with van der Waals surface area (Å²) in [6.07, 6.45) is -2.35. The Hall–Kier alpha value is -1.54. The summed E-state index contributed by atoms with van der Waals surface area (Å²) in [7, 11) is 0. The van der Waals surface area contributed by atoms with Crippen molar-refractivity contribution >= 4 is 15.9 Å². The second kappa shape index (κ2) is 5.69. The molecule has 2 aromatic rings. The Balaban J connectivity index is 2.69. The van der Waals surface area contributed by atoms with Gasteiger partial charge >= 0.3 is 0 Å². The van der Waals surface area contributed by atoms with Crippen LogP contribution in [0.3, 0.4) is 0 Å². The summed E-state index contributed by atoms with van der Waals surface area (Å²) in [5, 5.41) is 9.80. The zero-order valence-electron chi connectivity index (χ0n) is 9.90. The maximum Gasteiger partial charge on any atom is 0.200 e. The van der Waals surface area contributed by atoms with Crippen LogP contribution in [0.5, 0.6) is 0 Å². The first-order chi connectivity index (χ1) is 9.75. The van der Waals surface area contributed by atoms with E-state index in [4.69, 9.17) is 0 Å². The summed E-state index contributed by atoms with van der Waals surface area (Å²) in [6, 6.07) is 3.08. The third kappa shape index (κ3) is 2.65. The van der Waals surface area contributed by atoms with Crippen LogP contribution in [0, 0.1) is 34.9 Å². The first-order valence-corrected chi connectivity index (χ1v) is 6.19. The summed E-state index contributed by atoms with van der Waals surface area (Å²) in [5.74, 6) is -12.3. The van der Waals surface area contributed by atoms with Crippen LogP contribution < -0.4 is 0 Å². The molecule has 0 amide bonds. The molecule has 0 saturated heterocycles. The molecule has 1 unspecified atom stereocenters. The predicted molar refractivity (Wildman–Crippen MR) is 64.4 cm³/mol. The number of hydrogen-bond donors (Lipinski definition) is 1. The maximum atomic E-state index is 13.6. The first kappa shape index (κ1) is 15.8. The zero-order valence-corrected chi connectivity index (χ0v) is 11.5. The van der Waals surface area contributed by atoms with E-state index in [1.807, 2.05) is 0 Å². The fourth-order valence-electron chi connectivity index (χ4n) is 1.74. The molecule has 0 aliphatic heterocycles. The van der Waals surface area contributed by atoms with Crippen molar-refractivity contribution < 1.29 is 31.4 Å². The van der Waals surface area contributed by atoms with E-state index in [9.17, 15) is 31.4 Å². The van der Waals surface area contributed by atoms with Gasteiger partial charge in [0.05, 0.1) is 5.56 Å². The highest BCUT2D eigenvalue weighted by Gasteiger charge is 2.31. The standard InChI is InChI=1S/C13H5BrF6O/c14-4-1-2-6(15)5(3-4)13(21)7-8(16)10(18)12(20)11(19)9(7)17/h1-3,13,21H. The van der Waals surface area contributed by atoms with E-state index in [0.29, 0.717) is 0 Å². The van der Waals surface area contributed by atoms with Crippen molar-refractivity contribution in [1.82, 2.24) is 0 Å². The van der Waals surface area contributed by atoms with Gasteiger partial charge in [-0.3, -0.25) is 0 Å². The Morgan fingerprint density at radius 1 is 0.810 bits per heavy atom. The van der Waals surface area contributed by atoms with Gasteiger partial charge in [-0.2, -0.15) is 0 Å². The molecule has 8 heteroatoms. The summed E-state index contributed by atoms with van der Waals surface area (Å²) in [6.45, 7) is 0. The van der Waals surface area contributed by atoms with Gasteiger partial charge in [0.15, 0.2) is 23.3 Å². The largest absolute Gasteiger partial charge is 0.383 e. The molecule has 0 radical (unpaired) electrons. The number of benzene rings is 2. The third-order valence-electron chi connectivity index (χ3n) is 2.77. The van der Waals surface area contributed by atoms with E-state index in [2.05, 4.69) is 15.9 Å². The van der Waals surface area contributed by atoms with E-state index in [0.717, 1.165) is 12.1 Å². The molecule has 0 bridgehead atoms. The third-order valence-corrected chi connectivity index (χ3v) is 3.26. The van der Waals surface area contributed by atoms with Gasteiger partial charge in [-0.15, -0.1) is 0 Å². The van der Waals surface area contributed by atoms with Crippen molar-refractivity contribution in [2.24, 2.45) is 0 Å². The van der Waals surface area contributed by atoms with Crippen molar-refractivity contribution in [3.63, 3.8) is 0 Å². The maximum absolute atomic E-state index is 13.6. The van der Waals surface area contributed by atoms with Gasteiger partial charge in [-0.1, -0.05) is 15.9 Å². The molecule has 0 saturated carbocycles. The van der Waals surface area contributed by atoms with Gasteiger partial charge < -0.3 is 5.11 Å². The minimum atomic E-state index is -2.35. The Morgan fingerprint density at radius 2 is 1.29 bits per heavy atom. The molecule has 1 nitrogen and oxygen atoms in total. The molecule has 112 valence electrons. The van der Waals surface area contributed by atoms with E-state index in [1.165, 1.54) is 6.07 Å². The fourth-order valence-corrected chi connectivity index (χ4v) is 2.12. The lowest BCUT2D eigenvalue weighted by Crippen LogP contribution is -2.13. The lowest BCUT2D eigenvalue weighted by Gasteiger charge is -2.15. The average Bonchev–Trinajstić information content (AvgIpc) is 2.45. The summed E-state index contributed by atoms with van der Waals surface area (Å²) in [4.78, 5) is 0. The molecule has 0 heterocycles. The fraction of sp³-hybridized carbons (Fsp3) is 0.0769. The van der Waals surface area contributed by atoms with Crippen LogP contribution in [0.4, 0.5) is 26.3 Å². The SMILES string of the molecule is OC(c1cc(Br)ccc1F)c1c(F)c(F)c(F)c(F)c1F. The van der Waals surface area contributed by atoms with E-state index in [-0.39, 0.29) is 4.47 Å². The Morgan fingerprint density at radius 3 is 1.81 bits per heavy atom. The first-order valence-electron chi connectivity index (χ1n) is 5.40. The molecule has 0 spiro atoms. The quantitative estimate of drug-likeness (QED) is 0.473. The number of hydrogen-bond acceptors (Lipinski definition) is 1. The highest BCUT2D eigenvalue weighted by atomic mass is 79.9. The summed E-state index contributed by atoms with van der Waals surface area (Å²) in [5.41, 5.74) is -2.14. The summed E-state index contributed by atoms with van der Waals surface area (Å²) < 4.78 is 80.0. The minimum absolute atomic E-state index is 0.252. The van der Waals surface area contributed by atoms with Crippen LogP contribution >= 0.6 is 15.9 Å². The van der Waals surface area contributed by atoms with E-state index in [1.54, 1.807) is 0 Å². The molecule has 1 atom stereocenters. The molecule has 1 N–H and O–H groups in total. The van der Waals surface area contributed by atoms with Crippen molar-refractivity contribution in [2.75, 3.05) is 0 Å². The molecule has 0 aliphatic carbocycles. The molecule has 0 aliphatic rings. The molecule has 21 heavy (non-hydrogen) atoms. The number of halogens is 7. The monoisotopic (exact) mass is 370 g/mol. The molecule has 2 aromatic carbocycles. The second-order valence-electron chi connectivity index (χ2n) is 4.05. The van der Waals surface area contributed by atoms with Crippen molar-refractivity contribution in [3.8, 4) is 0 Å². The minimum Gasteiger partial charge on any atom is -0.383 e. The zero-order chi connectivity index (χ0) is 15.9. The Labute approximate surface area is 123 Å². The van der Waals surface area contributed by atoms with Crippen LogP contribution in [0.15, 0.2) is 22.7 Å². The van der Waals surface area contributed by atoms with Crippen molar-refractivity contribution in [3.05, 3.63) is 68.7 Å². The van der Waals surface area contributed by atoms with E-state index >= 15 is 0 Å².